The molecule has 132 valence electrons. The first-order chi connectivity index (χ1) is 12.5. The van der Waals surface area contributed by atoms with E-state index in [4.69, 9.17) is 4.74 Å². The molecule has 0 saturated carbocycles. The first-order valence-electron chi connectivity index (χ1n) is 8.19. The number of amides is 1. The van der Waals surface area contributed by atoms with E-state index >= 15 is 0 Å². The van der Waals surface area contributed by atoms with Crippen LogP contribution in [0.4, 0.5) is 0 Å². The lowest BCUT2D eigenvalue weighted by Crippen LogP contribution is -2.28. The summed E-state index contributed by atoms with van der Waals surface area (Å²) in [6, 6.07) is 14.5. The largest absolute Gasteiger partial charge is 0.456 e. The zero-order valence-corrected chi connectivity index (χ0v) is 14.6. The van der Waals surface area contributed by atoms with Gasteiger partial charge in [-0.05, 0) is 49.7 Å². The molecule has 26 heavy (non-hydrogen) atoms. The van der Waals surface area contributed by atoms with Gasteiger partial charge >= 0.3 is 0 Å². The minimum Gasteiger partial charge on any atom is -0.456 e. The molecule has 3 aromatic rings. The van der Waals surface area contributed by atoms with Crippen molar-refractivity contribution < 1.29 is 9.53 Å². The number of aryl methyl sites for hydroxylation is 2. The first kappa shape index (κ1) is 17.4. The van der Waals surface area contributed by atoms with E-state index in [1.807, 2.05) is 50.2 Å². The Morgan fingerprint density at radius 1 is 1.12 bits per heavy atom. The highest BCUT2D eigenvalue weighted by Gasteiger charge is 2.10. The third-order valence-electron chi connectivity index (χ3n) is 3.87. The van der Waals surface area contributed by atoms with Crippen LogP contribution in [0.5, 0.6) is 11.5 Å². The highest BCUT2D eigenvalue weighted by Crippen LogP contribution is 2.19. The minimum absolute atomic E-state index is 0.143. The summed E-state index contributed by atoms with van der Waals surface area (Å²) in [6.45, 7) is 3.81. The number of ether oxygens (including phenoxy) is 1. The molecule has 0 unspecified atom stereocenters. The third-order valence-corrected chi connectivity index (χ3v) is 3.87. The molecule has 6 nitrogen and oxygen atoms in total. The number of carbonyl (C=O) groups is 1. The van der Waals surface area contributed by atoms with E-state index in [-0.39, 0.29) is 23.7 Å². The van der Waals surface area contributed by atoms with Gasteiger partial charge in [0.2, 0.25) is 0 Å². The summed E-state index contributed by atoms with van der Waals surface area (Å²) >= 11 is 0. The maximum Gasteiger partial charge on any atom is 0.270 e. The number of nitrogens with zero attached hydrogens (tertiary/aromatic N) is 1. The lowest BCUT2D eigenvalue weighted by Gasteiger charge is -2.09. The molecule has 0 aliphatic rings. The standard InChI is InChI=1S/C20H19N3O3/c1-13-10-14(2)23-19(24)17(13)12-22-20(25)18-9-8-16(11-21-18)26-15-6-4-3-5-7-15/h3-11H,12H2,1-2H3,(H,22,25)(H,23,24). The Hall–Kier alpha value is -3.41. The van der Waals surface area contributed by atoms with Crippen molar-refractivity contribution in [3.63, 3.8) is 0 Å². The van der Waals surface area contributed by atoms with Crippen LogP contribution in [0.1, 0.15) is 27.3 Å². The summed E-state index contributed by atoms with van der Waals surface area (Å²) in [5.74, 6) is 0.884. The minimum atomic E-state index is -0.351. The summed E-state index contributed by atoms with van der Waals surface area (Å²) in [4.78, 5) is 31.1. The van der Waals surface area contributed by atoms with Crippen molar-refractivity contribution in [2.45, 2.75) is 20.4 Å². The normalized spacial score (nSPS) is 10.4. The topological polar surface area (TPSA) is 84.1 Å². The molecule has 2 heterocycles. The van der Waals surface area contributed by atoms with Gasteiger partial charge in [0.05, 0.1) is 6.20 Å². The lowest BCUT2D eigenvalue weighted by molar-refractivity contribution is 0.0945. The highest BCUT2D eigenvalue weighted by atomic mass is 16.5. The quantitative estimate of drug-likeness (QED) is 0.741. The van der Waals surface area contributed by atoms with Gasteiger partial charge in [-0.25, -0.2) is 4.98 Å². The van der Waals surface area contributed by atoms with Gasteiger partial charge in [-0.1, -0.05) is 18.2 Å². The van der Waals surface area contributed by atoms with Crippen LogP contribution >= 0.6 is 0 Å². The fourth-order valence-electron chi connectivity index (χ4n) is 2.56. The van der Waals surface area contributed by atoms with E-state index in [1.165, 1.54) is 6.20 Å². The number of para-hydroxylation sites is 1. The zero-order valence-electron chi connectivity index (χ0n) is 14.6. The van der Waals surface area contributed by atoms with Gasteiger partial charge in [0, 0.05) is 17.8 Å². The monoisotopic (exact) mass is 349 g/mol. The summed E-state index contributed by atoms with van der Waals surface area (Å²) in [5, 5.41) is 2.72. The Morgan fingerprint density at radius 2 is 1.88 bits per heavy atom. The van der Waals surface area contributed by atoms with Crippen molar-refractivity contribution in [1.82, 2.24) is 15.3 Å². The molecule has 1 amide bonds. The molecule has 0 bridgehead atoms. The average Bonchev–Trinajstić information content (AvgIpc) is 2.62. The second-order valence-corrected chi connectivity index (χ2v) is 5.92. The molecule has 1 aromatic carbocycles. The van der Waals surface area contributed by atoms with Crippen LogP contribution in [0.15, 0.2) is 59.5 Å². The van der Waals surface area contributed by atoms with Gasteiger partial charge in [0.15, 0.2) is 0 Å². The summed E-state index contributed by atoms with van der Waals surface area (Å²) in [7, 11) is 0. The fraction of sp³-hybridized carbons (Fsp3) is 0.150. The van der Waals surface area contributed by atoms with Gasteiger partial charge in [-0.2, -0.15) is 0 Å². The van der Waals surface area contributed by atoms with E-state index in [0.717, 1.165) is 11.3 Å². The first-order valence-corrected chi connectivity index (χ1v) is 8.19. The van der Waals surface area contributed by atoms with Gasteiger partial charge in [0.1, 0.15) is 17.2 Å². The van der Waals surface area contributed by atoms with Crippen molar-refractivity contribution in [3.8, 4) is 11.5 Å². The molecule has 0 aliphatic carbocycles. The van der Waals surface area contributed by atoms with Crippen molar-refractivity contribution in [1.29, 1.82) is 0 Å². The number of aromatic nitrogens is 2. The molecule has 0 spiro atoms. The maximum absolute atomic E-state index is 12.3. The zero-order chi connectivity index (χ0) is 18.5. The Labute approximate surface area is 150 Å². The smallest absolute Gasteiger partial charge is 0.270 e. The molecule has 0 saturated heterocycles. The van der Waals surface area contributed by atoms with Crippen molar-refractivity contribution >= 4 is 5.91 Å². The van der Waals surface area contributed by atoms with Crippen molar-refractivity contribution in [2.24, 2.45) is 0 Å². The molecular formula is C20H19N3O3. The second kappa shape index (κ2) is 7.65. The molecule has 0 radical (unpaired) electrons. The number of rotatable bonds is 5. The van der Waals surface area contributed by atoms with E-state index in [0.29, 0.717) is 17.1 Å². The summed E-state index contributed by atoms with van der Waals surface area (Å²) in [6.07, 6.45) is 1.49. The molecule has 0 fully saturated rings. The van der Waals surface area contributed by atoms with E-state index in [9.17, 15) is 9.59 Å². The average molecular weight is 349 g/mol. The van der Waals surface area contributed by atoms with Gasteiger partial charge in [0.25, 0.3) is 11.5 Å². The van der Waals surface area contributed by atoms with E-state index < -0.39 is 0 Å². The molecule has 6 heteroatoms. The van der Waals surface area contributed by atoms with E-state index in [2.05, 4.69) is 15.3 Å². The molecule has 0 atom stereocenters. The highest BCUT2D eigenvalue weighted by molar-refractivity contribution is 5.92. The molecule has 3 rings (SSSR count). The number of benzene rings is 1. The van der Waals surface area contributed by atoms with Crippen LogP contribution in [0, 0.1) is 13.8 Å². The van der Waals surface area contributed by atoms with Crippen LogP contribution in [0.3, 0.4) is 0 Å². The van der Waals surface area contributed by atoms with Crippen LogP contribution in [-0.2, 0) is 6.54 Å². The predicted molar refractivity (Wildman–Crippen MR) is 98.5 cm³/mol. The predicted octanol–water partition coefficient (Wildman–Crippen LogP) is 3.11. The van der Waals surface area contributed by atoms with Crippen LogP contribution in [-0.4, -0.2) is 15.9 Å². The number of hydrogen-bond donors (Lipinski definition) is 2. The second-order valence-electron chi connectivity index (χ2n) is 5.92. The molecule has 2 aromatic heterocycles. The fourth-order valence-corrected chi connectivity index (χ4v) is 2.56. The molecule has 0 aliphatic heterocycles. The lowest BCUT2D eigenvalue weighted by atomic mass is 10.1. The van der Waals surface area contributed by atoms with Crippen LogP contribution < -0.4 is 15.6 Å². The Morgan fingerprint density at radius 3 is 2.54 bits per heavy atom. The Kier molecular flexibility index (Phi) is 5.12. The number of carbonyl (C=O) groups excluding carboxylic acids is 1. The van der Waals surface area contributed by atoms with Crippen molar-refractivity contribution in [2.75, 3.05) is 0 Å². The summed E-state index contributed by atoms with van der Waals surface area (Å²) in [5.41, 5.74) is 2.23. The van der Waals surface area contributed by atoms with Gasteiger partial charge in [-0.15, -0.1) is 0 Å². The van der Waals surface area contributed by atoms with Gasteiger partial charge in [-0.3, -0.25) is 9.59 Å². The van der Waals surface area contributed by atoms with Crippen molar-refractivity contribution in [3.05, 3.63) is 87.6 Å². The number of nitrogens with one attached hydrogen (secondary N) is 2. The Balaban J connectivity index is 1.64. The summed E-state index contributed by atoms with van der Waals surface area (Å²) < 4.78 is 5.65. The number of hydrogen-bond acceptors (Lipinski definition) is 4. The van der Waals surface area contributed by atoms with Crippen LogP contribution in [0.25, 0.3) is 0 Å². The number of pyridine rings is 2. The molecular weight excluding hydrogens is 330 g/mol. The van der Waals surface area contributed by atoms with E-state index in [1.54, 1.807) is 12.1 Å². The van der Waals surface area contributed by atoms with Gasteiger partial charge < -0.3 is 15.0 Å². The third kappa shape index (κ3) is 4.16. The number of aromatic amines is 1. The SMILES string of the molecule is Cc1cc(C)c(CNC(=O)c2ccc(Oc3ccccc3)cn2)c(=O)[nH]1. The van der Waals surface area contributed by atoms with Crippen LogP contribution in [0.2, 0.25) is 0 Å². The Bertz CT molecular complexity index is 964. The number of H-pyrrole nitrogens is 1. The molecule has 2 N–H and O–H groups in total. The maximum atomic E-state index is 12.3.